The summed E-state index contributed by atoms with van der Waals surface area (Å²) in [4.78, 5) is 21.1. The zero-order valence-corrected chi connectivity index (χ0v) is 14.7. The van der Waals surface area contributed by atoms with Crippen molar-refractivity contribution in [1.82, 2.24) is 14.8 Å². The molecule has 1 amide bonds. The molecule has 4 rings (SSSR count). The molecule has 0 radical (unpaired) electrons. The van der Waals surface area contributed by atoms with Gasteiger partial charge in [-0.05, 0) is 63.8 Å². The number of hydrogen-bond donors (Lipinski definition) is 1. The lowest BCUT2D eigenvalue weighted by Gasteiger charge is -2.46. The Morgan fingerprint density at radius 3 is 2.75 bits per heavy atom. The van der Waals surface area contributed by atoms with Crippen LogP contribution in [0.5, 0.6) is 0 Å². The van der Waals surface area contributed by atoms with Crippen molar-refractivity contribution in [2.75, 3.05) is 13.1 Å². The molecule has 0 bridgehead atoms. The van der Waals surface area contributed by atoms with E-state index in [1.54, 1.807) is 0 Å². The first-order valence-corrected chi connectivity index (χ1v) is 9.23. The van der Waals surface area contributed by atoms with Gasteiger partial charge in [0.1, 0.15) is 5.54 Å². The summed E-state index contributed by atoms with van der Waals surface area (Å²) in [5.41, 5.74) is 2.24. The third kappa shape index (κ3) is 2.35. The highest BCUT2D eigenvalue weighted by Crippen LogP contribution is 2.40. The lowest BCUT2D eigenvalue weighted by molar-refractivity contribution is -0.149. The van der Waals surface area contributed by atoms with E-state index in [9.17, 15) is 4.79 Å². The number of aromatic amines is 1. The molecular formula is C20H27N3O. The van der Waals surface area contributed by atoms with E-state index in [-0.39, 0.29) is 5.54 Å². The van der Waals surface area contributed by atoms with E-state index >= 15 is 0 Å². The molecule has 2 saturated heterocycles. The van der Waals surface area contributed by atoms with E-state index in [4.69, 9.17) is 0 Å². The van der Waals surface area contributed by atoms with Crippen LogP contribution in [0.3, 0.4) is 0 Å². The Morgan fingerprint density at radius 2 is 1.96 bits per heavy atom. The van der Waals surface area contributed by atoms with Gasteiger partial charge in [0.25, 0.3) is 0 Å². The van der Waals surface area contributed by atoms with Crippen molar-refractivity contribution in [3.8, 4) is 0 Å². The van der Waals surface area contributed by atoms with Gasteiger partial charge in [0.15, 0.2) is 0 Å². The molecule has 24 heavy (non-hydrogen) atoms. The third-order valence-corrected chi connectivity index (χ3v) is 5.94. The standard InChI is InChI=1S/C20H27N3O/c1-15(2)23-13-5-10-20(19(23)24)9-4-12-22(20)14-16-6-3-7-18-17(16)8-11-21-18/h3,6-8,11,15,21H,4-5,9-10,12-14H2,1-2H3. The molecule has 4 nitrogen and oxygen atoms in total. The van der Waals surface area contributed by atoms with Gasteiger partial charge in [-0.25, -0.2) is 0 Å². The molecule has 1 N–H and O–H groups in total. The van der Waals surface area contributed by atoms with Crippen LogP contribution in [0, 0.1) is 0 Å². The predicted molar refractivity (Wildman–Crippen MR) is 96.8 cm³/mol. The Bertz CT molecular complexity index is 750. The van der Waals surface area contributed by atoms with Crippen molar-refractivity contribution in [3.63, 3.8) is 0 Å². The van der Waals surface area contributed by atoms with E-state index in [0.29, 0.717) is 11.9 Å². The Hall–Kier alpha value is -1.81. The van der Waals surface area contributed by atoms with Gasteiger partial charge in [-0.15, -0.1) is 0 Å². The zero-order chi connectivity index (χ0) is 16.7. The molecule has 1 unspecified atom stereocenters. The van der Waals surface area contributed by atoms with E-state index < -0.39 is 0 Å². The van der Waals surface area contributed by atoms with Crippen LogP contribution in [0.1, 0.15) is 45.1 Å². The molecule has 1 aromatic carbocycles. The Morgan fingerprint density at radius 1 is 1.17 bits per heavy atom. The van der Waals surface area contributed by atoms with Crippen molar-refractivity contribution in [1.29, 1.82) is 0 Å². The van der Waals surface area contributed by atoms with Gasteiger partial charge in [0.05, 0.1) is 0 Å². The number of amides is 1. The van der Waals surface area contributed by atoms with Crippen molar-refractivity contribution < 1.29 is 4.79 Å². The molecule has 1 spiro atoms. The second kappa shape index (κ2) is 5.92. The molecule has 0 aliphatic carbocycles. The molecule has 1 atom stereocenters. The molecule has 0 saturated carbocycles. The van der Waals surface area contributed by atoms with Crippen molar-refractivity contribution in [2.24, 2.45) is 0 Å². The van der Waals surface area contributed by atoms with Crippen LogP contribution in [0.4, 0.5) is 0 Å². The maximum absolute atomic E-state index is 13.3. The van der Waals surface area contributed by atoms with Crippen LogP contribution in [0.25, 0.3) is 10.9 Å². The molecule has 2 aliphatic rings. The van der Waals surface area contributed by atoms with Gasteiger partial charge in [-0.2, -0.15) is 0 Å². The fourth-order valence-electron chi connectivity index (χ4n) is 4.69. The molecular weight excluding hydrogens is 298 g/mol. The monoisotopic (exact) mass is 325 g/mol. The van der Waals surface area contributed by atoms with Crippen LogP contribution >= 0.6 is 0 Å². The second-order valence-electron chi connectivity index (χ2n) is 7.61. The summed E-state index contributed by atoms with van der Waals surface area (Å²) < 4.78 is 0. The average Bonchev–Trinajstić information content (AvgIpc) is 3.18. The fourth-order valence-corrected chi connectivity index (χ4v) is 4.69. The molecule has 128 valence electrons. The highest BCUT2D eigenvalue weighted by atomic mass is 16.2. The van der Waals surface area contributed by atoms with Gasteiger partial charge >= 0.3 is 0 Å². The number of H-pyrrole nitrogens is 1. The third-order valence-electron chi connectivity index (χ3n) is 5.94. The summed E-state index contributed by atoms with van der Waals surface area (Å²) in [7, 11) is 0. The van der Waals surface area contributed by atoms with Crippen molar-refractivity contribution in [3.05, 3.63) is 36.0 Å². The summed E-state index contributed by atoms with van der Waals surface area (Å²) in [6, 6.07) is 8.88. The molecule has 1 aromatic heterocycles. The van der Waals surface area contributed by atoms with Crippen LogP contribution in [-0.4, -0.2) is 45.4 Å². The first-order valence-electron chi connectivity index (χ1n) is 9.23. The summed E-state index contributed by atoms with van der Waals surface area (Å²) in [5, 5.41) is 1.28. The molecule has 3 heterocycles. The number of piperidine rings is 1. The largest absolute Gasteiger partial charge is 0.361 e. The lowest BCUT2D eigenvalue weighted by Crippen LogP contribution is -2.61. The topological polar surface area (TPSA) is 39.3 Å². The number of nitrogens with one attached hydrogen (secondary N) is 1. The zero-order valence-electron chi connectivity index (χ0n) is 14.7. The minimum Gasteiger partial charge on any atom is -0.361 e. The number of carbonyl (C=O) groups excluding carboxylic acids is 1. The van der Waals surface area contributed by atoms with Gasteiger partial charge in [-0.1, -0.05) is 12.1 Å². The van der Waals surface area contributed by atoms with Gasteiger partial charge in [0, 0.05) is 36.2 Å². The summed E-state index contributed by atoms with van der Waals surface area (Å²) in [6.07, 6.45) is 6.27. The minimum absolute atomic E-state index is 0.263. The maximum Gasteiger partial charge on any atom is 0.243 e. The molecule has 2 aliphatic heterocycles. The highest BCUT2D eigenvalue weighted by molar-refractivity contribution is 5.88. The van der Waals surface area contributed by atoms with E-state index in [1.807, 2.05) is 6.20 Å². The lowest BCUT2D eigenvalue weighted by atomic mass is 9.84. The number of likely N-dealkylation sites (tertiary alicyclic amines) is 2. The summed E-state index contributed by atoms with van der Waals surface area (Å²) in [6.45, 7) is 7.08. The number of aromatic nitrogens is 1. The maximum atomic E-state index is 13.3. The highest BCUT2D eigenvalue weighted by Gasteiger charge is 2.51. The number of nitrogens with zero attached hydrogens (tertiary/aromatic N) is 2. The van der Waals surface area contributed by atoms with E-state index in [1.165, 1.54) is 16.5 Å². The fraction of sp³-hybridized carbons (Fsp3) is 0.550. The van der Waals surface area contributed by atoms with E-state index in [0.717, 1.165) is 45.3 Å². The van der Waals surface area contributed by atoms with Crippen molar-refractivity contribution >= 4 is 16.8 Å². The number of fused-ring (bicyclic) bond motifs is 1. The van der Waals surface area contributed by atoms with E-state index in [2.05, 4.69) is 52.9 Å². The van der Waals surface area contributed by atoms with Gasteiger partial charge in [0.2, 0.25) is 5.91 Å². The molecule has 2 aromatic rings. The quantitative estimate of drug-likeness (QED) is 0.937. The van der Waals surface area contributed by atoms with Crippen LogP contribution < -0.4 is 0 Å². The number of hydrogen-bond acceptors (Lipinski definition) is 2. The summed E-state index contributed by atoms with van der Waals surface area (Å²) >= 11 is 0. The number of benzene rings is 1. The molecule has 2 fully saturated rings. The first-order chi connectivity index (χ1) is 11.6. The van der Waals surface area contributed by atoms with Gasteiger partial charge < -0.3 is 9.88 Å². The Kier molecular flexibility index (Phi) is 3.87. The van der Waals surface area contributed by atoms with Gasteiger partial charge in [-0.3, -0.25) is 9.69 Å². The van der Waals surface area contributed by atoms with Crippen LogP contribution in [0.2, 0.25) is 0 Å². The predicted octanol–water partition coefficient (Wildman–Crippen LogP) is 3.53. The smallest absolute Gasteiger partial charge is 0.243 e. The first kappa shape index (κ1) is 15.7. The average molecular weight is 325 g/mol. The van der Waals surface area contributed by atoms with Crippen LogP contribution in [0.15, 0.2) is 30.5 Å². The second-order valence-corrected chi connectivity index (χ2v) is 7.61. The number of rotatable bonds is 3. The normalized spacial score (nSPS) is 25.5. The van der Waals surface area contributed by atoms with Crippen molar-refractivity contribution in [2.45, 2.75) is 57.7 Å². The SMILES string of the molecule is CC(C)N1CCCC2(CCCN2Cc2cccc3[nH]ccc23)C1=O. The van der Waals surface area contributed by atoms with Crippen LogP contribution in [-0.2, 0) is 11.3 Å². The number of carbonyl (C=O) groups is 1. The minimum atomic E-state index is -0.263. The Labute approximate surface area is 143 Å². The Balaban J connectivity index is 1.65. The molecule has 4 heteroatoms. The summed E-state index contributed by atoms with van der Waals surface area (Å²) in [5.74, 6) is 0.363.